The van der Waals surface area contributed by atoms with Gasteiger partial charge in [0.25, 0.3) is 0 Å². The topological polar surface area (TPSA) is 56.7 Å². The largest absolute Gasteiger partial charge is 0.356 e. The van der Waals surface area contributed by atoms with Gasteiger partial charge in [-0.05, 0) is 12.0 Å². The summed E-state index contributed by atoms with van der Waals surface area (Å²) >= 11 is 0. The summed E-state index contributed by atoms with van der Waals surface area (Å²) in [6.07, 6.45) is 2.73. The van der Waals surface area contributed by atoms with Gasteiger partial charge in [-0.25, -0.2) is 0 Å². The van der Waals surface area contributed by atoms with Crippen LogP contribution in [0.3, 0.4) is 0 Å². The number of unbranched alkanes of at least 4 members (excludes halogenated alkanes) is 1. The van der Waals surface area contributed by atoms with Crippen LogP contribution in [0.25, 0.3) is 0 Å². The fraction of sp³-hybridized carbons (Fsp3) is 0.529. The van der Waals surface area contributed by atoms with Crippen LogP contribution in [-0.2, 0) is 11.3 Å². The van der Waals surface area contributed by atoms with Crippen molar-refractivity contribution in [3.63, 3.8) is 0 Å². The molecule has 0 spiro atoms. The fourth-order valence-corrected chi connectivity index (χ4v) is 2.06. The maximum Gasteiger partial charge on any atom is 0.222 e. The van der Waals surface area contributed by atoms with Crippen LogP contribution in [0.4, 0.5) is 0 Å². The van der Waals surface area contributed by atoms with Gasteiger partial charge in [0, 0.05) is 40.2 Å². The molecule has 23 heavy (non-hydrogen) atoms. The molecule has 1 amide bonds. The Morgan fingerprint density at radius 3 is 2.52 bits per heavy atom. The van der Waals surface area contributed by atoms with Crippen LogP contribution in [0.2, 0.25) is 0 Å². The number of carbonyl (C=O) groups is 1. The van der Waals surface area contributed by atoms with Crippen molar-refractivity contribution in [3.05, 3.63) is 35.9 Å². The van der Waals surface area contributed by atoms with E-state index in [9.17, 15) is 4.79 Å². The zero-order valence-corrected chi connectivity index (χ0v) is 16.7. The lowest BCUT2D eigenvalue weighted by molar-refractivity contribution is -0.121. The van der Waals surface area contributed by atoms with Gasteiger partial charge in [0.05, 0.1) is 0 Å². The van der Waals surface area contributed by atoms with E-state index in [1.807, 2.05) is 37.4 Å². The molecule has 1 aromatic carbocycles. The average molecular weight is 432 g/mol. The van der Waals surface area contributed by atoms with Crippen molar-refractivity contribution in [1.82, 2.24) is 15.5 Å². The molecule has 1 aromatic rings. The van der Waals surface area contributed by atoms with E-state index in [1.165, 1.54) is 0 Å². The first-order valence-corrected chi connectivity index (χ1v) is 7.89. The van der Waals surface area contributed by atoms with Gasteiger partial charge in [0.2, 0.25) is 5.91 Å². The van der Waals surface area contributed by atoms with E-state index in [2.05, 4.69) is 27.4 Å². The molecular weight excluding hydrogens is 403 g/mol. The number of rotatable bonds is 8. The lowest BCUT2D eigenvalue weighted by Gasteiger charge is -2.21. The lowest BCUT2D eigenvalue weighted by Crippen LogP contribution is -2.40. The van der Waals surface area contributed by atoms with Gasteiger partial charge < -0.3 is 15.5 Å². The maximum atomic E-state index is 11.8. The van der Waals surface area contributed by atoms with E-state index in [1.54, 1.807) is 7.05 Å². The van der Waals surface area contributed by atoms with Crippen molar-refractivity contribution in [1.29, 1.82) is 0 Å². The number of benzene rings is 1. The molecule has 0 fully saturated rings. The second-order valence-electron chi connectivity index (χ2n) is 5.26. The van der Waals surface area contributed by atoms with Crippen LogP contribution >= 0.6 is 24.0 Å². The Morgan fingerprint density at radius 2 is 1.91 bits per heavy atom. The van der Waals surface area contributed by atoms with Crippen molar-refractivity contribution in [2.45, 2.75) is 32.7 Å². The molecule has 0 aliphatic carbocycles. The summed E-state index contributed by atoms with van der Waals surface area (Å²) in [5.41, 5.74) is 1.11. The van der Waals surface area contributed by atoms with Crippen molar-refractivity contribution in [3.8, 4) is 0 Å². The molecule has 0 bridgehead atoms. The molecule has 5 nitrogen and oxygen atoms in total. The van der Waals surface area contributed by atoms with E-state index >= 15 is 0 Å². The van der Waals surface area contributed by atoms with Crippen molar-refractivity contribution >= 4 is 35.8 Å². The Hall–Kier alpha value is -1.31. The second kappa shape index (κ2) is 13.2. The first-order valence-electron chi connectivity index (χ1n) is 7.89. The minimum absolute atomic E-state index is 0. The zero-order chi connectivity index (χ0) is 16.2. The summed E-state index contributed by atoms with van der Waals surface area (Å²) in [4.78, 5) is 18.1. The number of hydrogen-bond donors (Lipinski definition) is 2. The maximum absolute atomic E-state index is 11.8. The van der Waals surface area contributed by atoms with Gasteiger partial charge in [-0.3, -0.25) is 9.79 Å². The number of halogens is 1. The van der Waals surface area contributed by atoms with E-state index in [-0.39, 0.29) is 29.9 Å². The number of amides is 1. The predicted molar refractivity (Wildman–Crippen MR) is 107 cm³/mol. The molecule has 0 radical (unpaired) electrons. The molecule has 0 heterocycles. The molecular formula is C17H29IN4O. The van der Waals surface area contributed by atoms with Crippen LogP contribution in [0.5, 0.6) is 0 Å². The minimum atomic E-state index is 0. The number of nitrogens with one attached hydrogen (secondary N) is 2. The highest BCUT2D eigenvalue weighted by molar-refractivity contribution is 14.0. The molecule has 0 unspecified atom stereocenters. The minimum Gasteiger partial charge on any atom is -0.356 e. The molecule has 0 aliphatic rings. The van der Waals surface area contributed by atoms with E-state index in [0.717, 1.165) is 30.9 Å². The van der Waals surface area contributed by atoms with E-state index < -0.39 is 0 Å². The fourth-order valence-electron chi connectivity index (χ4n) is 2.06. The molecule has 0 atom stereocenters. The summed E-state index contributed by atoms with van der Waals surface area (Å²) in [5.74, 6) is 0.882. The SMILES string of the molecule is CCCCN(C)C(=NC)NCCC(=O)NCc1ccccc1.I. The smallest absolute Gasteiger partial charge is 0.222 e. The van der Waals surface area contributed by atoms with E-state index in [4.69, 9.17) is 0 Å². The number of carbonyl (C=O) groups excluding carboxylic acids is 1. The molecule has 0 aromatic heterocycles. The molecule has 0 aliphatic heterocycles. The van der Waals surface area contributed by atoms with Gasteiger partial charge >= 0.3 is 0 Å². The summed E-state index contributed by atoms with van der Waals surface area (Å²) in [5, 5.41) is 6.14. The molecule has 0 saturated carbocycles. The Morgan fingerprint density at radius 1 is 1.22 bits per heavy atom. The molecule has 2 N–H and O–H groups in total. The Kier molecular flexibility index (Phi) is 12.4. The average Bonchev–Trinajstić information content (AvgIpc) is 2.55. The van der Waals surface area contributed by atoms with Crippen LogP contribution in [-0.4, -0.2) is 44.0 Å². The molecule has 1 rings (SSSR count). The van der Waals surface area contributed by atoms with Crippen molar-refractivity contribution < 1.29 is 4.79 Å². The Labute approximate surface area is 157 Å². The highest BCUT2D eigenvalue weighted by Crippen LogP contribution is 1.97. The molecule has 0 saturated heterocycles. The number of hydrogen-bond acceptors (Lipinski definition) is 2. The lowest BCUT2D eigenvalue weighted by atomic mass is 10.2. The standard InChI is InChI=1S/C17H28N4O.HI/c1-4-5-13-21(3)17(18-2)19-12-11-16(22)20-14-15-9-7-6-8-10-15;/h6-10H,4-5,11-14H2,1-3H3,(H,18,19)(H,20,22);1H. The summed E-state index contributed by atoms with van der Waals surface area (Å²) in [7, 11) is 3.78. The third-order valence-corrected chi connectivity index (χ3v) is 3.39. The van der Waals surface area contributed by atoms with Gasteiger partial charge in [-0.1, -0.05) is 43.7 Å². The van der Waals surface area contributed by atoms with Crippen molar-refractivity contribution in [2.24, 2.45) is 4.99 Å². The van der Waals surface area contributed by atoms with Crippen molar-refractivity contribution in [2.75, 3.05) is 27.2 Å². The zero-order valence-electron chi connectivity index (χ0n) is 14.3. The van der Waals surface area contributed by atoms with Crippen LogP contribution < -0.4 is 10.6 Å². The quantitative estimate of drug-likeness (QED) is 0.377. The monoisotopic (exact) mass is 432 g/mol. The number of aliphatic imine (C=N–C) groups is 1. The third-order valence-electron chi connectivity index (χ3n) is 3.39. The van der Waals surface area contributed by atoms with Gasteiger partial charge in [0.1, 0.15) is 0 Å². The Bertz CT molecular complexity index is 465. The van der Waals surface area contributed by atoms with Gasteiger partial charge in [-0.2, -0.15) is 0 Å². The second-order valence-corrected chi connectivity index (χ2v) is 5.26. The summed E-state index contributed by atoms with van der Waals surface area (Å²) in [6, 6.07) is 9.92. The summed E-state index contributed by atoms with van der Waals surface area (Å²) < 4.78 is 0. The highest BCUT2D eigenvalue weighted by Gasteiger charge is 2.06. The summed E-state index contributed by atoms with van der Waals surface area (Å²) in [6.45, 7) is 4.30. The van der Waals surface area contributed by atoms with Gasteiger partial charge in [-0.15, -0.1) is 24.0 Å². The first kappa shape index (κ1) is 21.7. The van der Waals surface area contributed by atoms with Crippen LogP contribution in [0.15, 0.2) is 35.3 Å². The predicted octanol–water partition coefficient (Wildman–Crippen LogP) is 2.62. The molecule has 130 valence electrons. The number of nitrogens with zero attached hydrogens (tertiary/aromatic N) is 2. The normalized spacial score (nSPS) is 10.7. The van der Waals surface area contributed by atoms with Crippen LogP contribution in [0.1, 0.15) is 31.7 Å². The van der Waals surface area contributed by atoms with E-state index in [0.29, 0.717) is 19.5 Å². The first-order chi connectivity index (χ1) is 10.7. The Balaban J connectivity index is 0.00000484. The van der Waals surface area contributed by atoms with Gasteiger partial charge in [0.15, 0.2) is 5.96 Å². The van der Waals surface area contributed by atoms with Crippen LogP contribution in [0, 0.1) is 0 Å². The molecule has 6 heteroatoms. The number of guanidine groups is 1. The third kappa shape index (κ3) is 9.43. The highest BCUT2D eigenvalue weighted by atomic mass is 127.